The molecule has 0 heterocycles. The Balaban J connectivity index is 3.15. The monoisotopic (exact) mass is 189 g/mol. The molecule has 0 aromatic carbocycles. The van der Waals surface area contributed by atoms with Gasteiger partial charge >= 0.3 is 8.03 Å². The first-order valence-electron chi connectivity index (χ1n) is 4.49. The minimum absolute atomic E-state index is 0.639. The zero-order chi connectivity index (χ0) is 9.23. The summed E-state index contributed by atoms with van der Waals surface area (Å²) in [6.45, 7) is 6.33. The first kappa shape index (κ1) is 11.8. The zero-order valence-electron chi connectivity index (χ0n) is 7.79. The van der Waals surface area contributed by atoms with Crippen LogP contribution in [-0.2, 0) is 9.09 Å². The summed E-state index contributed by atoms with van der Waals surface area (Å²) in [4.78, 5) is 0. The molecule has 0 aromatic rings. The van der Waals surface area contributed by atoms with Gasteiger partial charge in [-0.1, -0.05) is 19.4 Å². The van der Waals surface area contributed by atoms with E-state index in [1.807, 2.05) is 6.08 Å². The zero-order valence-corrected chi connectivity index (χ0v) is 8.69. The molecular formula is C9H18O2P+. The first-order valence-corrected chi connectivity index (χ1v) is 5.86. The summed E-state index contributed by atoms with van der Waals surface area (Å²) in [6, 6.07) is 0. The summed E-state index contributed by atoms with van der Waals surface area (Å²) >= 11 is 0. The molecule has 1 atom stereocenters. The number of hydrogen-bond acceptors (Lipinski definition) is 2. The second kappa shape index (κ2) is 8.89. The van der Waals surface area contributed by atoms with E-state index in [2.05, 4.69) is 13.5 Å². The van der Waals surface area contributed by atoms with Crippen LogP contribution in [0.2, 0.25) is 0 Å². The maximum atomic E-state index is 11.1. The highest BCUT2D eigenvalue weighted by Gasteiger charge is 2.14. The van der Waals surface area contributed by atoms with Crippen molar-refractivity contribution in [3.8, 4) is 0 Å². The summed E-state index contributed by atoms with van der Waals surface area (Å²) in [6.07, 6.45) is 6.46. The van der Waals surface area contributed by atoms with Gasteiger partial charge in [0.2, 0.25) is 0 Å². The molecule has 70 valence electrons. The fourth-order valence-corrected chi connectivity index (χ4v) is 1.64. The number of rotatable bonds is 8. The molecule has 0 amide bonds. The topological polar surface area (TPSA) is 26.3 Å². The SMILES string of the molecule is C=CCCC[P+](=O)OCCCC. The first-order chi connectivity index (χ1) is 5.81. The average molecular weight is 189 g/mol. The summed E-state index contributed by atoms with van der Waals surface area (Å²) in [5.74, 6) is 0. The molecule has 0 spiro atoms. The highest BCUT2D eigenvalue weighted by molar-refractivity contribution is 7.39. The van der Waals surface area contributed by atoms with Gasteiger partial charge in [-0.2, -0.15) is 0 Å². The van der Waals surface area contributed by atoms with Gasteiger partial charge in [-0.3, -0.25) is 0 Å². The molecule has 1 unspecified atom stereocenters. The standard InChI is InChI=1S/C9H18O2P/c1-3-5-7-9-12(10)11-8-6-4-2/h3H,1,4-9H2,2H3/q+1. The lowest BCUT2D eigenvalue weighted by Gasteiger charge is -1.89. The van der Waals surface area contributed by atoms with Gasteiger partial charge in [-0.05, 0) is 23.8 Å². The molecule has 0 bridgehead atoms. The van der Waals surface area contributed by atoms with E-state index in [4.69, 9.17) is 4.52 Å². The largest absolute Gasteiger partial charge is 0.508 e. The molecule has 0 fully saturated rings. The Kier molecular flexibility index (Phi) is 8.74. The van der Waals surface area contributed by atoms with Crippen LogP contribution in [0.3, 0.4) is 0 Å². The fourth-order valence-electron chi connectivity index (χ4n) is 0.740. The molecule has 0 N–H and O–H groups in total. The van der Waals surface area contributed by atoms with Crippen LogP contribution in [0.25, 0.3) is 0 Å². The van der Waals surface area contributed by atoms with Crippen molar-refractivity contribution in [3.05, 3.63) is 12.7 Å². The van der Waals surface area contributed by atoms with Gasteiger partial charge in [0.25, 0.3) is 0 Å². The second-order valence-electron chi connectivity index (χ2n) is 2.67. The highest BCUT2D eigenvalue weighted by Crippen LogP contribution is 2.23. The molecule has 0 saturated heterocycles. The van der Waals surface area contributed by atoms with Crippen LogP contribution in [-0.4, -0.2) is 12.8 Å². The lowest BCUT2D eigenvalue weighted by atomic mass is 10.3. The second-order valence-corrected chi connectivity index (χ2v) is 4.04. The molecule has 0 aliphatic rings. The molecule has 12 heavy (non-hydrogen) atoms. The molecule has 3 heteroatoms. The predicted molar refractivity (Wildman–Crippen MR) is 52.8 cm³/mol. The van der Waals surface area contributed by atoms with E-state index >= 15 is 0 Å². The lowest BCUT2D eigenvalue weighted by Crippen LogP contribution is -1.87. The Morgan fingerprint density at radius 1 is 1.50 bits per heavy atom. The highest BCUT2D eigenvalue weighted by atomic mass is 31.1. The van der Waals surface area contributed by atoms with E-state index in [0.29, 0.717) is 12.8 Å². The van der Waals surface area contributed by atoms with Gasteiger partial charge in [-0.15, -0.1) is 11.1 Å². The normalized spacial score (nSPS) is 11.2. The van der Waals surface area contributed by atoms with Crippen LogP contribution in [0.4, 0.5) is 0 Å². The molecule has 0 aliphatic carbocycles. The third-order valence-corrected chi connectivity index (χ3v) is 2.63. The van der Waals surface area contributed by atoms with Crippen LogP contribution in [0.5, 0.6) is 0 Å². The van der Waals surface area contributed by atoms with Crippen molar-refractivity contribution >= 4 is 8.03 Å². The van der Waals surface area contributed by atoms with E-state index in [1.165, 1.54) is 0 Å². The predicted octanol–water partition coefficient (Wildman–Crippen LogP) is 3.51. The number of unbranched alkanes of at least 4 members (excludes halogenated alkanes) is 2. The van der Waals surface area contributed by atoms with Crippen molar-refractivity contribution in [1.29, 1.82) is 0 Å². The molecule has 0 aromatic heterocycles. The average Bonchev–Trinajstić information content (AvgIpc) is 2.06. The van der Waals surface area contributed by atoms with E-state index in [-0.39, 0.29) is 0 Å². The van der Waals surface area contributed by atoms with Gasteiger partial charge in [0.05, 0.1) is 0 Å². The molecular weight excluding hydrogens is 171 g/mol. The van der Waals surface area contributed by atoms with Crippen LogP contribution in [0, 0.1) is 0 Å². The van der Waals surface area contributed by atoms with Crippen molar-refractivity contribution in [2.75, 3.05) is 12.8 Å². The third-order valence-electron chi connectivity index (χ3n) is 1.48. The number of allylic oxidation sites excluding steroid dienone is 1. The van der Waals surface area contributed by atoms with Crippen LogP contribution in [0.15, 0.2) is 12.7 Å². The van der Waals surface area contributed by atoms with E-state index in [0.717, 1.165) is 25.7 Å². The van der Waals surface area contributed by atoms with Gasteiger partial charge < -0.3 is 0 Å². The summed E-state index contributed by atoms with van der Waals surface area (Å²) in [5.41, 5.74) is 0. The van der Waals surface area contributed by atoms with Crippen LogP contribution in [0.1, 0.15) is 32.6 Å². The van der Waals surface area contributed by atoms with Crippen LogP contribution < -0.4 is 0 Å². The summed E-state index contributed by atoms with van der Waals surface area (Å²) < 4.78 is 16.2. The third kappa shape index (κ3) is 7.90. The molecule has 0 radical (unpaired) electrons. The quantitative estimate of drug-likeness (QED) is 0.332. The van der Waals surface area contributed by atoms with E-state index in [9.17, 15) is 4.57 Å². The van der Waals surface area contributed by atoms with Gasteiger partial charge in [0.15, 0.2) is 6.16 Å². The molecule has 2 nitrogen and oxygen atoms in total. The van der Waals surface area contributed by atoms with Crippen molar-refractivity contribution in [2.45, 2.75) is 32.6 Å². The lowest BCUT2D eigenvalue weighted by molar-refractivity contribution is 0.320. The Morgan fingerprint density at radius 3 is 2.83 bits per heavy atom. The summed E-state index contributed by atoms with van der Waals surface area (Å²) in [7, 11) is -1.40. The van der Waals surface area contributed by atoms with Gasteiger partial charge in [-0.25, -0.2) is 0 Å². The molecule has 0 aliphatic heterocycles. The van der Waals surface area contributed by atoms with Crippen molar-refractivity contribution in [2.24, 2.45) is 0 Å². The molecule has 0 rings (SSSR count). The van der Waals surface area contributed by atoms with Gasteiger partial charge in [0.1, 0.15) is 6.61 Å². The Hall–Kier alpha value is -0.200. The Morgan fingerprint density at radius 2 is 2.25 bits per heavy atom. The van der Waals surface area contributed by atoms with Crippen molar-refractivity contribution in [3.63, 3.8) is 0 Å². The maximum absolute atomic E-state index is 11.1. The number of hydrogen-bond donors (Lipinski definition) is 0. The Labute approximate surface area is 75.9 Å². The fraction of sp³-hybridized carbons (Fsp3) is 0.778. The van der Waals surface area contributed by atoms with Gasteiger partial charge in [0, 0.05) is 0 Å². The summed E-state index contributed by atoms with van der Waals surface area (Å²) in [5, 5.41) is 0. The van der Waals surface area contributed by atoms with E-state index in [1.54, 1.807) is 0 Å². The minimum atomic E-state index is -1.40. The molecule has 0 saturated carbocycles. The minimum Gasteiger partial charge on any atom is -0.146 e. The van der Waals surface area contributed by atoms with E-state index < -0.39 is 8.03 Å². The van der Waals surface area contributed by atoms with Crippen molar-refractivity contribution in [1.82, 2.24) is 0 Å². The Bertz CT molecular complexity index is 134. The van der Waals surface area contributed by atoms with Crippen molar-refractivity contribution < 1.29 is 9.09 Å². The maximum Gasteiger partial charge on any atom is 0.508 e. The smallest absolute Gasteiger partial charge is 0.146 e. The van der Waals surface area contributed by atoms with Crippen LogP contribution >= 0.6 is 8.03 Å².